The van der Waals surface area contributed by atoms with Gasteiger partial charge in [0, 0.05) is 18.0 Å². The third-order valence-electron chi connectivity index (χ3n) is 5.05. The first-order valence-electron chi connectivity index (χ1n) is 9.27. The molecule has 0 atom stereocenters. The second-order valence-electron chi connectivity index (χ2n) is 6.90. The van der Waals surface area contributed by atoms with Crippen LogP contribution < -0.4 is 0 Å². The molecule has 4 rings (SSSR count). The Morgan fingerprint density at radius 1 is 1.11 bits per heavy atom. The quantitative estimate of drug-likeness (QED) is 0.519. The number of aryl methyl sites for hydroxylation is 2. The maximum atomic E-state index is 12.3. The lowest BCUT2D eigenvalue weighted by Crippen LogP contribution is -2.34. The number of benzene rings is 1. The van der Waals surface area contributed by atoms with Crippen LogP contribution in [-0.4, -0.2) is 37.7 Å². The summed E-state index contributed by atoms with van der Waals surface area (Å²) in [5, 5.41) is 4.78. The summed E-state index contributed by atoms with van der Waals surface area (Å²) in [4.78, 5) is 25.7. The number of amides is 1. The molecule has 7 nitrogen and oxygen atoms in total. The van der Waals surface area contributed by atoms with E-state index in [1.807, 2.05) is 39.8 Å². The molecule has 0 N–H and O–H groups in total. The third kappa shape index (κ3) is 2.98. The molecule has 0 bridgehead atoms. The molecule has 0 spiro atoms. The molecule has 1 aliphatic heterocycles. The molecule has 1 aliphatic rings. The molecule has 28 heavy (non-hydrogen) atoms. The van der Waals surface area contributed by atoms with Gasteiger partial charge in [-0.2, -0.15) is 5.10 Å². The molecule has 2 aromatic heterocycles. The van der Waals surface area contributed by atoms with E-state index >= 15 is 0 Å². The summed E-state index contributed by atoms with van der Waals surface area (Å²) < 4.78 is 8.74. The van der Waals surface area contributed by atoms with Gasteiger partial charge in [-0.25, -0.2) is 9.48 Å². The number of esters is 1. The van der Waals surface area contributed by atoms with E-state index in [1.54, 1.807) is 6.92 Å². The summed E-state index contributed by atoms with van der Waals surface area (Å²) >= 11 is 0. The number of hydrogen-bond acceptors (Lipinski definition) is 4. The first-order chi connectivity index (χ1) is 13.5. The number of aromatic nitrogens is 3. The van der Waals surface area contributed by atoms with Crippen LogP contribution in [0.2, 0.25) is 0 Å². The van der Waals surface area contributed by atoms with Gasteiger partial charge >= 0.3 is 11.9 Å². The number of fused-ring (bicyclic) bond motifs is 1. The van der Waals surface area contributed by atoms with Gasteiger partial charge < -0.3 is 14.2 Å². The fraction of sp³-hybridized carbons (Fsp3) is 0.286. The van der Waals surface area contributed by atoms with Crippen LogP contribution in [0.25, 0.3) is 11.5 Å². The first kappa shape index (κ1) is 18.0. The molecule has 0 unspecified atom stereocenters. The Morgan fingerprint density at radius 2 is 1.86 bits per heavy atom. The van der Waals surface area contributed by atoms with Crippen molar-refractivity contribution in [2.75, 3.05) is 6.61 Å². The highest BCUT2D eigenvalue weighted by atomic mass is 16.5. The molecule has 1 aromatic carbocycles. The summed E-state index contributed by atoms with van der Waals surface area (Å²) in [6.45, 7) is 6.63. The fourth-order valence-electron chi connectivity index (χ4n) is 3.45. The Hall–Kier alpha value is -3.35. The minimum Gasteiger partial charge on any atom is -0.459 e. The van der Waals surface area contributed by atoms with Crippen LogP contribution in [0.4, 0.5) is 0 Å². The molecule has 7 heteroatoms. The van der Waals surface area contributed by atoms with Crippen molar-refractivity contribution in [1.82, 2.24) is 19.2 Å². The molecule has 0 saturated heterocycles. The van der Waals surface area contributed by atoms with E-state index in [4.69, 9.17) is 9.84 Å². The number of nitrogens with zero attached hydrogens (tertiary/aromatic N) is 4. The predicted octanol–water partition coefficient (Wildman–Crippen LogP) is 2.69. The highest BCUT2D eigenvalue weighted by Gasteiger charge is 2.34. The number of hydrogen-bond donors (Lipinski definition) is 0. The van der Waals surface area contributed by atoms with Crippen LogP contribution in [0.3, 0.4) is 0 Å². The van der Waals surface area contributed by atoms with Gasteiger partial charge in [-0.1, -0.05) is 6.07 Å². The Balaban J connectivity index is 1.75. The van der Waals surface area contributed by atoms with E-state index in [-0.39, 0.29) is 6.61 Å². The second kappa shape index (κ2) is 6.99. The van der Waals surface area contributed by atoms with E-state index in [0.29, 0.717) is 13.1 Å². The molecule has 0 fully saturated rings. The minimum atomic E-state index is -0.822. The Bertz CT molecular complexity index is 1050. The Morgan fingerprint density at radius 3 is 2.54 bits per heavy atom. The Kier molecular flexibility index (Phi) is 4.50. The summed E-state index contributed by atoms with van der Waals surface area (Å²) in [5.41, 5.74) is 5.10. The third-order valence-corrected chi connectivity index (χ3v) is 5.05. The monoisotopic (exact) mass is 378 g/mol. The lowest BCUT2D eigenvalue weighted by atomic mass is 10.1. The van der Waals surface area contributed by atoms with Gasteiger partial charge in [0.1, 0.15) is 5.82 Å². The van der Waals surface area contributed by atoms with Crippen molar-refractivity contribution in [3.63, 3.8) is 0 Å². The van der Waals surface area contributed by atoms with E-state index in [9.17, 15) is 9.59 Å². The van der Waals surface area contributed by atoms with Crippen molar-refractivity contribution in [2.45, 2.75) is 33.9 Å². The zero-order chi connectivity index (χ0) is 19.8. The lowest BCUT2D eigenvalue weighted by molar-refractivity contribution is -0.160. The second-order valence-corrected chi connectivity index (χ2v) is 6.90. The summed E-state index contributed by atoms with van der Waals surface area (Å²) in [6, 6.07) is 10.1. The van der Waals surface area contributed by atoms with Crippen LogP contribution in [-0.2, 0) is 27.4 Å². The summed E-state index contributed by atoms with van der Waals surface area (Å²) in [5.74, 6) is -0.573. The molecule has 3 aromatic rings. The predicted molar refractivity (Wildman–Crippen MR) is 103 cm³/mol. The minimum absolute atomic E-state index is 0.178. The smallest absolute Gasteiger partial charge is 0.397 e. The van der Waals surface area contributed by atoms with E-state index in [2.05, 4.69) is 26.0 Å². The molecule has 3 heterocycles. The summed E-state index contributed by atoms with van der Waals surface area (Å²) in [7, 11) is 0. The van der Waals surface area contributed by atoms with E-state index in [1.165, 1.54) is 16.0 Å². The SMILES string of the molecule is CCOC(=O)C(=O)N1Cc2nn(-c3ccc(C)c(C)c3)c(-n3cccc3)c2C1. The van der Waals surface area contributed by atoms with Crippen LogP contribution >= 0.6 is 0 Å². The summed E-state index contributed by atoms with van der Waals surface area (Å²) in [6.07, 6.45) is 3.90. The zero-order valence-corrected chi connectivity index (χ0v) is 16.2. The lowest BCUT2D eigenvalue weighted by Gasteiger charge is -2.17. The maximum absolute atomic E-state index is 12.3. The average molecular weight is 378 g/mol. The molecule has 144 valence electrons. The first-order valence-corrected chi connectivity index (χ1v) is 9.27. The highest BCUT2D eigenvalue weighted by Crippen LogP contribution is 2.31. The molecular formula is C21H22N4O3. The molecule has 0 saturated carbocycles. The van der Waals surface area contributed by atoms with Crippen molar-refractivity contribution < 1.29 is 14.3 Å². The number of carbonyl (C=O) groups excluding carboxylic acids is 2. The zero-order valence-electron chi connectivity index (χ0n) is 16.2. The van der Waals surface area contributed by atoms with Gasteiger partial charge in [0.05, 0.1) is 31.1 Å². The van der Waals surface area contributed by atoms with Gasteiger partial charge in [-0.05, 0) is 56.2 Å². The van der Waals surface area contributed by atoms with Gasteiger partial charge in [0.25, 0.3) is 0 Å². The van der Waals surface area contributed by atoms with Crippen molar-refractivity contribution >= 4 is 11.9 Å². The van der Waals surface area contributed by atoms with E-state index in [0.717, 1.165) is 22.8 Å². The van der Waals surface area contributed by atoms with Crippen molar-refractivity contribution in [1.29, 1.82) is 0 Å². The largest absolute Gasteiger partial charge is 0.459 e. The van der Waals surface area contributed by atoms with E-state index < -0.39 is 11.9 Å². The highest BCUT2D eigenvalue weighted by molar-refractivity contribution is 6.32. The molecule has 0 radical (unpaired) electrons. The van der Waals surface area contributed by atoms with Gasteiger partial charge in [-0.3, -0.25) is 4.79 Å². The van der Waals surface area contributed by atoms with Crippen molar-refractivity contribution in [3.05, 3.63) is 65.1 Å². The number of carbonyl (C=O) groups is 2. The normalized spacial score (nSPS) is 12.9. The van der Waals surface area contributed by atoms with Crippen LogP contribution in [0, 0.1) is 13.8 Å². The average Bonchev–Trinajstić information content (AvgIpc) is 3.38. The maximum Gasteiger partial charge on any atom is 0.397 e. The van der Waals surface area contributed by atoms with Crippen molar-refractivity contribution in [3.8, 4) is 11.5 Å². The van der Waals surface area contributed by atoms with Gasteiger partial charge in [-0.15, -0.1) is 0 Å². The fourth-order valence-corrected chi connectivity index (χ4v) is 3.45. The number of rotatable bonds is 3. The molecule has 0 aliphatic carbocycles. The van der Waals surface area contributed by atoms with Crippen molar-refractivity contribution in [2.24, 2.45) is 0 Å². The molecule has 1 amide bonds. The van der Waals surface area contributed by atoms with Gasteiger partial charge in [0.2, 0.25) is 0 Å². The topological polar surface area (TPSA) is 69.4 Å². The molecular weight excluding hydrogens is 356 g/mol. The number of ether oxygens (including phenoxy) is 1. The van der Waals surface area contributed by atoms with Gasteiger partial charge in [0.15, 0.2) is 0 Å². The standard InChI is InChI=1S/C21H22N4O3/c1-4-28-21(27)20(26)24-12-17-18(13-24)22-25(19(17)23-9-5-6-10-23)16-8-7-14(2)15(3)11-16/h5-11H,4,12-13H2,1-3H3. The van der Waals surface area contributed by atoms with Crippen LogP contribution in [0.5, 0.6) is 0 Å². The van der Waals surface area contributed by atoms with Crippen LogP contribution in [0.1, 0.15) is 29.3 Å². The van der Waals surface area contributed by atoms with Crippen LogP contribution in [0.15, 0.2) is 42.7 Å². The Labute approximate surface area is 163 Å².